The maximum atomic E-state index is 13.4. The van der Waals surface area contributed by atoms with Crippen LogP contribution in [-0.4, -0.2) is 33.9 Å². The van der Waals surface area contributed by atoms with Gasteiger partial charge in [-0.25, -0.2) is 0 Å². The van der Waals surface area contributed by atoms with Gasteiger partial charge < -0.3 is 19.8 Å². The van der Waals surface area contributed by atoms with E-state index in [-0.39, 0.29) is 29.5 Å². The molecule has 2 N–H and O–H groups in total. The molecule has 0 spiro atoms. The van der Waals surface area contributed by atoms with Crippen molar-refractivity contribution in [2.75, 3.05) is 7.11 Å². The Bertz CT molecular complexity index is 1350. The first-order valence-electron chi connectivity index (χ1n) is 11.9. The molecule has 186 valence electrons. The van der Waals surface area contributed by atoms with Crippen LogP contribution in [0.25, 0.3) is 5.76 Å². The van der Waals surface area contributed by atoms with Crippen LogP contribution >= 0.6 is 0 Å². The van der Waals surface area contributed by atoms with Gasteiger partial charge in [0.1, 0.15) is 17.3 Å². The molecule has 6 heteroatoms. The van der Waals surface area contributed by atoms with Gasteiger partial charge in [-0.3, -0.25) is 9.59 Å². The molecule has 0 bridgehead atoms. The van der Waals surface area contributed by atoms with Crippen LogP contribution in [-0.2, 0) is 16.1 Å². The van der Waals surface area contributed by atoms with Crippen LogP contribution in [0.15, 0.2) is 66.2 Å². The highest BCUT2D eigenvalue weighted by atomic mass is 16.5. The summed E-state index contributed by atoms with van der Waals surface area (Å²) in [6.07, 6.45) is 0. The lowest BCUT2D eigenvalue weighted by atomic mass is 9.93. The Labute approximate surface area is 211 Å². The minimum absolute atomic E-state index is 0.0240. The zero-order valence-electron chi connectivity index (χ0n) is 21.2. The van der Waals surface area contributed by atoms with E-state index in [1.807, 2.05) is 45.9 Å². The molecule has 1 heterocycles. The number of ether oxygens (including phenoxy) is 1. The number of Topliss-reactive ketones (excluding diaryl/α,β-unsaturated/α-hetero) is 1. The highest BCUT2D eigenvalue weighted by Gasteiger charge is 2.46. The first kappa shape index (κ1) is 25.0. The van der Waals surface area contributed by atoms with Crippen molar-refractivity contribution >= 4 is 17.4 Å². The van der Waals surface area contributed by atoms with Gasteiger partial charge in [0.25, 0.3) is 11.7 Å². The van der Waals surface area contributed by atoms with Crippen LogP contribution in [0.2, 0.25) is 0 Å². The third kappa shape index (κ3) is 4.59. The molecule has 0 aromatic heterocycles. The van der Waals surface area contributed by atoms with Crippen molar-refractivity contribution in [3.63, 3.8) is 0 Å². The molecule has 1 atom stereocenters. The van der Waals surface area contributed by atoms with Crippen LogP contribution in [0.3, 0.4) is 0 Å². The number of aryl methyl sites for hydroxylation is 2. The van der Waals surface area contributed by atoms with E-state index in [1.165, 1.54) is 17.0 Å². The summed E-state index contributed by atoms with van der Waals surface area (Å²) in [6, 6.07) is 16.8. The predicted octanol–water partition coefficient (Wildman–Crippen LogP) is 5.76. The third-order valence-electron chi connectivity index (χ3n) is 6.72. The third-order valence-corrected chi connectivity index (χ3v) is 6.72. The molecule has 1 aliphatic heterocycles. The van der Waals surface area contributed by atoms with Crippen molar-refractivity contribution in [1.82, 2.24) is 4.90 Å². The van der Waals surface area contributed by atoms with E-state index < -0.39 is 17.7 Å². The zero-order chi connectivity index (χ0) is 26.1. The van der Waals surface area contributed by atoms with Crippen molar-refractivity contribution in [2.45, 2.75) is 46.2 Å². The first-order chi connectivity index (χ1) is 17.1. The number of likely N-dealkylation sites (tertiary alicyclic amines) is 1. The molecule has 1 saturated heterocycles. The topological polar surface area (TPSA) is 87.1 Å². The summed E-state index contributed by atoms with van der Waals surface area (Å²) in [6.45, 7) is 8.18. The second kappa shape index (κ2) is 9.90. The quantitative estimate of drug-likeness (QED) is 0.263. The number of hydrogen-bond donors (Lipinski definition) is 2. The van der Waals surface area contributed by atoms with E-state index in [0.29, 0.717) is 16.9 Å². The van der Waals surface area contributed by atoms with Crippen molar-refractivity contribution in [1.29, 1.82) is 0 Å². The molecule has 1 amide bonds. The number of benzene rings is 3. The van der Waals surface area contributed by atoms with E-state index in [0.717, 1.165) is 22.3 Å². The van der Waals surface area contributed by atoms with E-state index in [1.54, 1.807) is 37.4 Å². The first-order valence-corrected chi connectivity index (χ1v) is 11.9. The van der Waals surface area contributed by atoms with Gasteiger partial charge in [0.05, 0.1) is 18.7 Å². The Kier molecular flexibility index (Phi) is 6.88. The van der Waals surface area contributed by atoms with Gasteiger partial charge in [0, 0.05) is 12.1 Å². The number of aliphatic hydroxyl groups excluding tert-OH is 1. The number of rotatable bonds is 6. The molecule has 36 heavy (non-hydrogen) atoms. The number of hydrogen-bond acceptors (Lipinski definition) is 5. The molecule has 3 aromatic carbocycles. The fourth-order valence-electron chi connectivity index (χ4n) is 4.69. The number of phenols is 1. The number of nitrogens with zero attached hydrogens (tertiary/aromatic N) is 1. The van der Waals surface area contributed by atoms with Gasteiger partial charge in [0.2, 0.25) is 0 Å². The number of carbonyl (C=O) groups is 2. The highest BCUT2D eigenvalue weighted by Crippen LogP contribution is 2.41. The van der Waals surface area contributed by atoms with Crippen LogP contribution in [0, 0.1) is 13.8 Å². The number of ketones is 1. The Balaban J connectivity index is 1.89. The Morgan fingerprint density at radius 1 is 1.00 bits per heavy atom. The molecule has 1 fully saturated rings. The van der Waals surface area contributed by atoms with Crippen LogP contribution in [0.5, 0.6) is 11.5 Å². The molecule has 0 radical (unpaired) electrons. The maximum Gasteiger partial charge on any atom is 0.295 e. The molecule has 0 saturated carbocycles. The molecule has 6 nitrogen and oxygen atoms in total. The van der Waals surface area contributed by atoms with Crippen LogP contribution in [0.4, 0.5) is 0 Å². The fraction of sp³-hybridized carbons (Fsp3) is 0.267. The van der Waals surface area contributed by atoms with E-state index in [2.05, 4.69) is 0 Å². The SMILES string of the molecule is COc1ccc(/C(O)=C2/C(=O)C(=O)N(Cc3cc(C)ccc3C)C2c2ccc(O)cc2)cc1C(C)C. The summed E-state index contributed by atoms with van der Waals surface area (Å²) in [5.41, 5.74) is 4.94. The van der Waals surface area contributed by atoms with Crippen molar-refractivity contribution in [3.05, 3.63) is 99.6 Å². The van der Waals surface area contributed by atoms with Crippen molar-refractivity contribution in [2.24, 2.45) is 0 Å². The Morgan fingerprint density at radius 3 is 2.33 bits per heavy atom. The molecule has 1 aliphatic rings. The van der Waals surface area contributed by atoms with Crippen molar-refractivity contribution < 1.29 is 24.5 Å². The van der Waals surface area contributed by atoms with E-state index in [4.69, 9.17) is 4.74 Å². The number of aromatic hydroxyl groups is 1. The molecule has 0 aliphatic carbocycles. The summed E-state index contributed by atoms with van der Waals surface area (Å²) in [7, 11) is 1.59. The highest BCUT2D eigenvalue weighted by molar-refractivity contribution is 6.46. The minimum Gasteiger partial charge on any atom is -0.508 e. The summed E-state index contributed by atoms with van der Waals surface area (Å²) < 4.78 is 5.46. The monoisotopic (exact) mass is 485 g/mol. The smallest absolute Gasteiger partial charge is 0.295 e. The lowest BCUT2D eigenvalue weighted by Crippen LogP contribution is -2.29. The summed E-state index contributed by atoms with van der Waals surface area (Å²) in [5, 5.41) is 21.3. The Morgan fingerprint density at radius 2 is 1.69 bits per heavy atom. The zero-order valence-corrected chi connectivity index (χ0v) is 21.2. The van der Waals surface area contributed by atoms with Crippen LogP contribution < -0.4 is 4.74 Å². The normalized spacial score (nSPS) is 17.2. The lowest BCUT2D eigenvalue weighted by molar-refractivity contribution is -0.140. The maximum absolute atomic E-state index is 13.4. The number of aliphatic hydroxyl groups is 1. The van der Waals surface area contributed by atoms with Gasteiger partial charge in [0.15, 0.2) is 0 Å². The summed E-state index contributed by atoms with van der Waals surface area (Å²) >= 11 is 0. The second-order valence-corrected chi connectivity index (χ2v) is 9.56. The summed E-state index contributed by atoms with van der Waals surface area (Å²) in [5.74, 6) is -0.772. The van der Waals surface area contributed by atoms with Gasteiger partial charge in [-0.1, -0.05) is 49.7 Å². The minimum atomic E-state index is -0.810. The molecular weight excluding hydrogens is 454 g/mol. The largest absolute Gasteiger partial charge is 0.508 e. The fourth-order valence-corrected chi connectivity index (χ4v) is 4.69. The number of amides is 1. The average Bonchev–Trinajstić information content (AvgIpc) is 3.10. The molecular formula is C30H31NO5. The molecule has 4 rings (SSSR count). The van der Waals surface area contributed by atoms with Crippen molar-refractivity contribution in [3.8, 4) is 11.5 Å². The van der Waals surface area contributed by atoms with Gasteiger partial charge in [-0.15, -0.1) is 0 Å². The van der Waals surface area contributed by atoms with Gasteiger partial charge >= 0.3 is 0 Å². The summed E-state index contributed by atoms with van der Waals surface area (Å²) in [4.78, 5) is 28.2. The molecule has 3 aromatic rings. The number of phenolic OH excluding ortho intramolecular Hbond substituents is 1. The standard InChI is InChI=1S/C30H31NO5/c1-17(2)24-15-21(10-13-25(24)36-5)28(33)26-27(20-8-11-23(32)12-9-20)31(30(35)29(26)34)16-22-14-18(3)6-7-19(22)4/h6-15,17,27,32-33H,16H2,1-5H3/b28-26-. The lowest BCUT2D eigenvalue weighted by Gasteiger charge is -2.26. The van der Waals surface area contributed by atoms with Gasteiger partial charge in [-0.2, -0.15) is 0 Å². The number of methoxy groups -OCH3 is 1. The van der Waals surface area contributed by atoms with Gasteiger partial charge in [-0.05, 0) is 72.4 Å². The number of carbonyl (C=O) groups excluding carboxylic acids is 2. The van der Waals surface area contributed by atoms with Crippen LogP contribution in [0.1, 0.15) is 59.2 Å². The molecule has 1 unspecified atom stereocenters. The van der Waals surface area contributed by atoms with E-state index >= 15 is 0 Å². The average molecular weight is 486 g/mol. The predicted molar refractivity (Wildman–Crippen MR) is 139 cm³/mol. The van der Waals surface area contributed by atoms with E-state index in [9.17, 15) is 19.8 Å². The second-order valence-electron chi connectivity index (χ2n) is 9.56. The Hall–Kier alpha value is -4.06.